The Hall–Kier alpha value is -1.13. The molecule has 0 aromatic heterocycles. The lowest BCUT2D eigenvalue weighted by atomic mass is 10.1. The molecule has 1 aliphatic rings. The molecule has 2 unspecified atom stereocenters. The van der Waals surface area contributed by atoms with Crippen molar-refractivity contribution in [2.24, 2.45) is 0 Å². The van der Waals surface area contributed by atoms with Gasteiger partial charge in [0.05, 0.1) is 0 Å². The van der Waals surface area contributed by atoms with Crippen LogP contribution in [0.25, 0.3) is 0 Å². The molecule has 4 heteroatoms. The summed E-state index contributed by atoms with van der Waals surface area (Å²) < 4.78 is 13.3. The van der Waals surface area contributed by atoms with Crippen LogP contribution in [0.1, 0.15) is 19.8 Å². The van der Waals surface area contributed by atoms with Crippen LogP contribution in [-0.4, -0.2) is 36.9 Å². The number of benzene rings is 1. The van der Waals surface area contributed by atoms with Crippen LogP contribution in [0.4, 0.5) is 10.1 Å². The molecule has 1 aromatic carbocycles. The molecule has 1 fully saturated rings. The van der Waals surface area contributed by atoms with Crippen LogP contribution in [0.3, 0.4) is 0 Å². The standard InChI is InChI=1S/C14H21FN2O/c1-11-5-7-16-13(6-8-18)10-17(11)14-4-2-3-12(15)9-14/h2-4,9,11,13,16,18H,5-8,10H2,1H3. The lowest BCUT2D eigenvalue weighted by molar-refractivity contribution is 0.267. The largest absolute Gasteiger partial charge is 0.396 e. The van der Waals surface area contributed by atoms with Gasteiger partial charge in [-0.25, -0.2) is 4.39 Å². The Bertz CT molecular complexity index is 386. The van der Waals surface area contributed by atoms with Crippen molar-refractivity contribution in [3.05, 3.63) is 30.1 Å². The van der Waals surface area contributed by atoms with Gasteiger partial charge >= 0.3 is 0 Å². The first-order valence-electron chi connectivity index (χ1n) is 6.57. The van der Waals surface area contributed by atoms with Gasteiger partial charge in [-0.1, -0.05) is 6.07 Å². The van der Waals surface area contributed by atoms with Gasteiger partial charge in [-0.15, -0.1) is 0 Å². The molecule has 0 spiro atoms. The van der Waals surface area contributed by atoms with Crippen LogP contribution in [-0.2, 0) is 0 Å². The molecule has 1 aliphatic heterocycles. The third kappa shape index (κ3) is 3.21. The van der Waals surface area contributed by atoms with E-state index < -0.39 is 0 Å². The number of aliphatic hydroxyl groups excluding tert-OH is 1. The molecule has 0 saturated carbocycles. The van der Waals surface area contributed by atoms with E-state index in [2.05, 4.69) is 17.1 Å². The zero-order valence-corrected chi connectivity index (χ0v) is 10.8. The van der Waals surface area contributed by atoms with Gasteiger partial charge in [-0.2, -0.15) is 0 Å². The van der Waals surface area contributed by atoms with E-state index in [1.807, 2.05) is 6.07 Å². The summed E-state index contributed by atoms with van der Waals surface area (Å²) in [6, 6.07) is 7.39. The quantitative estimate of drug-likeness (QED) is 0.860. The van der Waals surface area contributed by atoms with Crippen LogP contribution < -0.4 is 10.2 Å². The average Bonchev–Trinajstić information content (AvgIpc) is 2.52. The van der Waals surface area contributed by atoms with Crippen molar-refractivity contribution in [1.82, 2.24) is 5.32 Å². The second-order valence-corrected chi connectivity index (χ2v) is 4.93. The van der Waals surface area contributed by atoms with E-state index in [-0.39, 0.29) is 18.5 Å². The summed E-state index contributed by atoms with van der Waals surface area (Å²) >= 11 is 0. The van der Waals surface area contributed by atoms with Gasteiger partial charge in [0.1, 0.15) is 5.82 Å². The molecule has 3 nitrogen and oxygen atoms in total. The molecule has 2 rings (SSSR count). The van der Waals surface area contributed by atoms with Crippen LogP contribution in [0.2, 0.25) is 0 Å². The van der Waals surface area contributed by atoms with E-state index >= 15 is 0 Å². The number of hydrogen-bond acceptors (Lipinski definition) is 3. The zero-order valence-electron chi connectivity index (χ0n) is 10.8. The molecule has 0 aliphatic carbocycles. The summed E-state index contributed by atoms with van der Waals surface area (Å²) in [4.78, 5) is 2.23. The first kappa shape index (κ1) is 13.3. The Labute approximate surface area is 108 Å². The van der Waals surface area contributed by atoms with Gasteiger partial charge in [0.25, 0.3) is 0 Å². The third-order valence-electron chi connectivity index (χ3n) is 3.56. The van der Waals surface area contributed by atoms with Gasteiger partial charge in [0, 0.05) is 30.9 Å². The summed E-state index contributed by atoms with van der Waals surface area (Å²) in [5.74, 6) is -0.199. The Morgan fingerprint density at radius 2 is 2.33 bits per heavy atom. The van der Waals surface area contributed by atoms with Gasteiger partial charge in [0.15, 0.2) is 0 Å². The van der Waals surface area contributed by atoms with Crippen molar-refractivity contribution in [2.75, 3.05) is 24.6 Å². The highest BCUT2D eigenvalue weighted by molar-refractivity contribution is 5.47. The van der Waals surface area contributed by atoms with Crippen molar-refractivity contribution in [3.63, 3.8) is 0 Å². The first-order chi connectivity index (χ1) is 8.70. The SMILES string of the molecule is CC1CCNC(CCO)CN1c1cccc(F)c1. The molecular weight excluding hydrogens is 231 g/mol. The fourth-order valence-corrected chi connectivity index (χ4v) is 2.50. The molecule has 1 aromatic rings. The highest BCUT2D eigenvalue weighted by Crippen LogP contribution is 2.22. The van der Waals surface area contributed by atoms with Crippen molar-refractivity contribution in [1.29, 1.82) is 0 Å². The molecule has 1 heterocycles. The van der Waals surface area contributed by atoms with Crippen LogP contribution >= 0.6 is 0 Å². The van der Waals surface area contributed by atoms with E-state index in [0.29, 0.717) is 6.04 Å². The summed E-state index contributed by atoms with van der Waals surface area (Å²) in [5, 5.41) is 12.5. The van der Waals surface area contributed by atoms with Gasteiger partial charge < -0.3 is 15.3 Å². The molecule has 0 bridgehead atoms. The molecule has 0 radical (unpaired) electrons. The third-order valence-corrected chi connectivity index (χ3v) is 3.56. The van der Waals surface area contributed by atoms with Gasteiger partial charge in [0.2, 0.25) is 0 Å². The molecule has 2 atom stereocenters. The predicted molar refractivity (Wildman–Crippen MR) is 71.3 cm³/mol. The van der Waals surface area contributed by atoms with Crippen LogP contribution in [0, 0.1) is 5.82 Å². The lowest BCUT2D eigenvalue weighted by Crippen LogP contribution is -2.40. The van der Waals surface area contributed by atoms with Gasteiger partial charge in [-0.3, -0.25) is 0 Å². The minimum absolute atomic E-state index is 0.184. The van der Waals surface area contributed by atoms with E-state index in [4.69, 9.17) is 5.11 Å². The summed E-state index contributed by atoms with van der Waals surface area (Å²) in [6.07, 6.45) is 1.76. The Balaban J connectivity index is 2.16. The second-order valence-electron chi connectivity index (χ2n) is 4.93. The number of hydrogen-bond donors (Lipinski definition) is 2. The monoisotopic (exact) mass is 252 g/mol. The number of nitrogens with one attached hydrogen (secondary N) is 1. The first-order valence-corrected chi connectivity index (χ1v) is 6.57. The normalized spacial score (nSPS) is 24.9. The number of anilines is 1. The topological polar surface area (TPSA) is 35.5 Å². The van der Waals surface area contributed by atoms with E-state index in [0.717, 1.165) is 31.6 Å². The Morgan fingerprint density at radius 3 is 3.06 bits per heavy atom. The van der Waals surface area contributed by atoms with Gasteiger partial charge in [-0.05, 0) is 44.5 Å². The predicted octanol–water partition coefficient (Wildman–Crippen LogP) is 1.76. The number of halogens is 1. The summed E-state index contributed by atoms with van der Waals surface area (Å²) in [5.41, 5.74) is 0.925. The van der Waals surface area contributed by atoms with Crippen LogP contribution in [0.5, 0.6) is 0 Å². The smallest absolute Gasteiger partial charge is 0.125 e. The number of aliphatic hydroxyl groups is 1. The Morgan fingerprint density at radius 1 is 1.50 bits per heavy atom. The molecule has 0 amide bonds. The van der Waals surface area contributed by atoms with Crippen molar-refractivity contribution in [2.45, 2.75) is 31.8 Å². The van der Waals surface area contributed by atoms with E-state index in [1.54, 1.807) is 12.1 Å². The minimum atomic E-state index is -0.199. The highest BCUT2D eigenvalue weighted by Gasteiger charge is 2.22. The Kier molecular flexibility index (Phi) is 4.55. The van der Waals surface area contributed by atoms with Crippen molar-refractivity contribution >= 4 is 5.69 Å². The average molecular weight is 252 g/mol. The second kappa shape index (κ2) is 6.16. The lowest BCUT2D eigenvalue weighted by Gasteiger charge is -2.31. The maximum Gasteiger partial charge on any atom is 0.125 e. The molecule has 18 heavy (non-hydrogen) atoms. The van der Waals surface area contributed by atoms with E-state index in [9.17, 15) is 4.39 Å². The molecular formula is C14H21FN2O. The van der Waals surface area contributed by atoms with Crippen LogP contribution in [0.15, 0.2) is 24.3 Å². The molecule has 1 saturated heterocycles. The molecule has 2 N–H and O–H groups in total. The van der Waals surface area contributed by atoms with Crippen molar-refractivity contribution < 1.29 is 9.50 Å². The zero-order chi connectivity index (χ0) is 13.0. The maximum atomic E-state index is 13.3. The highest BCUT2D eigenvalue weighted by atomic mass is 19.1. The minimum Gasteiger partial charge on any atom is -0.396 e. The van der Waals surface area contributed by atoms with Crippen molar-refractivity contribution in [3.8, 4) is 0 Å². The summed E-state index contributed by atoms with van der Waals surface area (Å²) in [7, 11) is 0. The fourth-order valence-electron chi connectivity index (χ4n) is 2.50. The number of nitrogens with zero attached hydrogens (tertiary/aromatic N) is 1. The molecule has 100 valence electrons. The van der Waals surface area contributed by atoms with E-state index in [1.165, 1.54) is 6.07 Å². The maximum absolute atomic E-state index is 13.3. The number of rotatable bonds is 3. The summed E-state index contributed by atoms with van der Waals surface area (Å²) in [6.45, 7) is 4.10. The fraction of sp³-hybridized carbons (Fsp3) is 0.571.